The molecule has 20 nitrogen and oxygen atoms in total. The third-order valence-electron chi connectivity index (χ3n) is 9.17. The summed E-state index contributed by atoms with van der Waals surface area (Å²) in [6.07, 6.45) is 0. The van der Waals surface area contributed by atoms with E-state index in [1.807, 2.05) is 39.8 Å². The minimum Gasteiger partial charge on any atom is -0.395 e. The number of nitrogens with one attached hydrogen (secondary N) is 2. The highest BCUT2D eigenvalue weighted by Gasteiger charge is 2.20. The highest BCUT2D eigenvalue weighted by atomic mass is 32.2. The summed E-state index contributed by atoms with van der Waals surface area (Å²) in [4.78, 5) is 18.8. The van der Waals surface area contributed by atoms with Crippen LogP contribution in [0.3, 0.4) is 0 Å². The summed E-state index contributed by atoms with van der Waals surface area (Å²) >= 11 is 0. The van der Waals surface area contributed by atoms with Crippen LogP contribution in [0.4, 0.5) is 63.3 Å². The van der Waals surface area contributed by atoms with Gasteiger partial charge in [-0.15, -0.1) is 20.5 Å². The van der Waals surface area contributed by atoms with Gasteiger partial charge in [-0.25, -0.2) is 0 Å². The maximum Gasteiger partial charge on any atom is 0.296 e. The number of benzene rings is 4. The number of aliphatic hydroxyl groups is 2. The molecule has 0 aliphatic rings. The van der Waals surface area contributed by atoms with Gasteiger partial charge >= 0.3 is 0 Å². The van der Waals surface area contributed by atoms with Crippen molar-refractivity contribution in [3.63, 3.8) is 0 Å². The van der Waals surface area contributed by atoms with Gasteiger partial charge in [-0.3, -0.25) is 9.11 Å². The Morgan fingerprint density at radius 1 is 0.525 bits per heavy atom. The van der Waals surface area contributed by atoms with Gasteiger partial charge in [0.2, 0.25) is 17.8 Å². The van der Waals surface area contributed by atoms with E-state index in [0.717, 1.165) is 11.4 Å². The van der Waals surface area contributed by atoms with Crippen LogP contribution in [-0.4, -0.2) is 104 Å². The van der Waals surface area contributed by atoms with Crippen LogP contribution < -0.4 is 25.3 Å². The fourth-order valence-corrected chi connectivity index (χ4v) is 7.38. The average molecular weight is 877 g/mol. The molecule has 0 saturated heterocycles. The number of aliphatic hydroxyl groups excluding tert-OH is 2. The molecule has 4 aromatic carbocycles. The lowest BCUT2D eigenvalue weighted by molar-refractivity contribution is 0.280. The van der Waals surface area contributed by atoms with Gasteiger partial charge in [0, 0.05) is 50.6 Å². The molecule has 0 aliphatic heterocycles. The zero-order chi connectivity index (χ0) is 44.2. The largest absolute Gasteiger partial charge is 0.395 e. The third kappa shape index (κ3) is 12.0. The van der Waals surface area contributed by atoms with Crippen molar-refractivity contribution in [3.8, 4) is 0 Å². The summed E-state index contributed by atoms with van der Waals surface area (Å²) in [7, 11) is -9.23. The number of aromatic nitrogens is 3. The third-order valence-corrected chi connectivity index (χ3v) is 11.0. The summed E-state index contributed by atoms with van der Waals surface area (Å²) in [5.74, 6) is 0.0495. The fourth-order valence-electron chi connectivity index (χ4n) is 6.14. The predicted molar refractivity (Wildman–Crippen MR) is 234 cm³/mol. The summed E-state index contributed by atoms with van der Waals surface area (Å²) in [5.41, 5.74) is 2.63. The van der Waals surface area contributed by atoms with Gasteiger partial charge in [0.15, 0.2) is 0 Å². The first-order valence-electron chi connectivity index (χ1n) is 19.2. The first kappa shape index (κ1) is 45.9. The number of nitrogens with zero attached hydrogens (tertiary/aromatic N) is 10. The Labute approximate surface area is 354 Å². The monoisotopic (exact) mass is 876 g/mol. The molecule has 22 heteroatoms. The van der Waals surface area contributed by atoms with Crippen LogP contribution >= 0.6 is 0 Å². The van der Waals surface area contributed by atoms with E-state index >= 15 is 0 Å². The first-order valence-corrected chi connectivity index (χ1v) is 22.1. The molecule has 1 heterocycles. The van der Waals surface area contributed by atoms with Crippen LogP contribution in [0.1, 0.15) is 27.7 Å². The number of azo groups is 2. The highest BCUT2D eigenvalue weighted by Crippen LogP contribution is 2.37. The summed E-state index contributed by atoms with van der Waals surface area (Å²) in [5, 5.41) is 43.3. The van der Waals surface area contributed by atoms with Crippen molar-refractivity contribution < 1.29 is 36.2 Å². The van der Waals surface area contributed by atoms with E-state index in [9.17, 15) is 36.2 Å². The fraction of sp³-hybridized carbons (Fsp3) is 0.308. The Hall–Kier alpha value is -6.17. The van der Waals surface area contributed by atoms with E-state index in [1.165, 1.54) is 36.4 Å². The minimum absolute atomic E-state index is 0.00924. The Morgan fingerprint density at radius 3 is 1.26 bits per heavy atom. The normalized spacial score (nSPS) is 11.9. The highest BCUT2D eigenvalue weighted by molar-refractivity contribution is 7.86. The molecule has 5 rings (SSSR count). The molecule has 0 fully saturated rings. The lowest BCUT2D eigenvalue weighted by atomic mass is 10.2. The SMILES string of the molecule is CCN(CC)c1ccc(/N=N/c2ccccc2S(=O)(=O)O)c(Nc2nc(Nc3cc(N(CC)CC)ccc3/N=N/c3ccccc3S(=O)(=O)O)nc(N(CCO)CCO)n2)c1. The van der Waals surface area contributed by atoms with Gasteiger partial charge in [0.05, 0.1) is 24.6 Å². The second kappa shape index (κ2) is 20.9. The summed E-state index contributed by atoms with van der Waals surface area (Å²) in [6, 6.07) is 21.8. The molecule has 0 atom stereocenters. The molecule has 0 bridgehead atoms. The summed E-state index contributed by atoms with van der Waals surface area (Å²) in [6.45, 7) is 10.2. The zero-order valence-electron chi connectivity index (χ0n) is 34.0. The van der Waals surface area contributed by atoms with Crippen LogP contribution in [0.5, 0.6) is 0 Å². The van der Waals surface area contributed by atoms with E-state index < -0.39 is 30.0 Å². The van der Waals surface area contributed by atoms with Crippen molar-refractivity contribution in [1.82, 2.24) is 15.0 Å². The van der Waals surface area contributed by atoms with Crippen LogP contribution in [-0.2, 0) is 20.2 Å². The van der Waals surface area contributed by atoms with E-state index in [2.05, 4.69) is 55.8 Å². The predicted octanol–water partition coefficient (Wildman–Crippen LogP) is 7.17. The van der Waals surface area contributed by atoms with Gasteiger partial charge in [0.1, 0.15) is 32.5 Å². The molecule has 1 aromatic heterocycles. The minimum atomic E-state index is -4.61. The van der Waals surface area contributed by atoms with Gasteiger partial charge in [0.25, 0.3) is 20.2 Å². The molecule has 0 spiro atoms. The Morgan fingerprint density at radius 2 is 0.902 bits per heavy atom. The van der Waals surface area contributed by atoms with Crippen molar-refractivity contribution in [2.45, 2.75) is 37.5 Å². The van der Waals surface area contributed by atoms with Gasteiger partial charge < -0.3 is 35.5 Å². The van der Waals surface area contributed by atoms with Gasteiger partial charge in [-0.1, -0.05) is 24.3 Å². The number of hydrogen-bond acceptors (Lipinski definition) is 18. The van der Waals surface area contributed by atoms with Crippen molar-refractivity contribution in [3.05, 3.63) is 84.9 Å². The number of hydrogen-bond donors (Lipinski definition) is 6. The number of rotatable bonds is 21. The molecule has 0 aliphatic carbocycles. The first-order chi connectivity index (χ1) is 29.2. The van der Waals surface area contributed by atoms with Gasteiger partial charge in [-0.2, -0.15) is 31.8 Å². The second-order valence-corrected chi connectivity index (χ2v) is 15.8. The van der Waals surface area contributed by atoms with Crippen LogP contribution in [0.15, 0.2) is 115 Å². The van der Waals surface area contributed by atoms with Crippen molar-refractivity contribution in [2.24, 2.45) is 20.5 Å². The standard InChI is InChI=1S/C39H48N12O8S2/c1-5-49(6-2)27-17-19-29(45-47-31-13-9-11-15-35(31)60(54,55)56)33(25-27)40-37-42-38(44-39(43-37)51(21-23-52)22-24-53)41-34-26-28(50(7-3)8-4)18-20-30(34)46-48-32-14-10-12-16-36(32)61(57,58)59/h9-20,25-26,52-53H,5-8,21-24H2,1-4H3,(H,54,55,56)(H,57,58,59)(H2,40,41,42,43,44)/b47-45+,48-46+. The van der Waals surface area contributed by atoms with Crippen LogP contribution in [0, 0.1) is 0 Å². The Bertz CT molecular complexity index is 2400. The topological polar surface area (TPSA) is 271 Å². The van der Waals surface area contributed by atoms with E-state index in [-0.39, 0.29) is 66.9 Å². The lowest BCUT2D eigenvalue weighted by Gasteiger charge is -2.24. The molecule has 0 unspecified atom stereocenters. The average Bonchev–Trinajstić information content (AvgIpc) is 3.23. The zero-order valence-corrected chi connectivity index (χ0v) is 35.6. The molecule has 61 heavy (non-hydrogen) atoms. The Kier molecular flexibility index (Phi) is 15.7. The van der Waals surface area contributed by atoms with Crippen LogP contribution in [0.25, 0.3) is 0 Å². The van der Waals surface area contributed by atoms with E-state index in [1.54, 1.807) is 41.3 Å². The quantitative estimate of drug-likeness (QED) is 0.0315. The van der Waals surface area contributed by atoms with Gasteiger partial charge in [-0.05, 0) is 88.4 Å². The van der Waals surface area contributed by atoms with E-state index in [4.69, 9.17) is 0 Å². The molecular weight excluding hydrogens is 829 g/mol. The molecular formula is C39H48N12O8S2. The maximum absolute atomic E-state index is 12.1. The molecule has 5 aromatic rings. The van der Waals surface area contributed by atoms with Crippen molar-refractivity contribution in [1.29, 1.82) is 0 Å². The second-order valence-electron chi connectivity index (χ2n) is 13.0. The molecule has 0 saturated carbocycles. The maximum atomic E-state index is 12.1. The molecule has 0 radical (unpaired) electrons. The summed E-state index contributed by atoms with van der Waals surface area (Å²) < 4.78 is 67.9. The Balaban J connectivity index is 1.66. The van der Waals surface area contributed by atoms with Crippen molar-refractivity contribution in [2.75, 3.05) is 77.8 Å². The molecule has 0 amide bonds. The molecule has 324 valence electrons. The van der Waals surface area contributed by atoms with Crippen LogP contribution in [0.2, 0.25) is 0 Å². The molecule has 6 N–H and O–H groups in total. The lowest BCUT2D eigenvalue weighted by Crippen LogP contribution is -2.31. The smallest absolute Gasteiger partial charge is 0.296 e. The van der Waals surface area contributed by atoms with Crippen molar-refractivity contribution >= 4 is 83.6 Å². The van der Waals surface area contributed by atoms with E-state index in [0.29, 0.717) is 37.6 Å². The number of anilines is 7.